The number of rotatable bonds is 7. The van der Waals surface area contributed by atoms with Crippen molar-refractivity contribution >= 4 is 17.2 Å². The summed E-state index contributed by atoms with van der Waals surface area (Å²) in [5.74, 6) is 0.846. The maximum absolute atomic E-state index is 12.5. The van der Waals surface area contributed by atoms with Gasteiger partial charge in [-0.15, -0.1) is 11.3 Å². The molecule has 0 saturated carbocycles. The highest BCUT2D eigenvalue weighted by atomic mass is 32.1. The molecule has 2 aromatic heterocycles. The smallest absolute Gasteiger partial charge is 0.261 e. The van der Waals surface area contributed by atoms with Crippen LogP contribution in [0.2, 0.25) is 0 Å². The first-order valence-electron chi connectivity index (χ1n) is 9.75. The molecule has 2 heterocycles. The van der Waals surface area contributed by atoms with Crippen molar-refractivity contribution in [2.75, 3.05) is 0 Å². The van der Waals surface area contributed by atoms with E-state index in [4.69, 9.17) is 4.74 Å². The summed E-state index contributed by atoms with van der Waals surface area (Å²) in [5.41, 5.74) is 6.01. The van der Waals surface area contributed by atoms with Gasteiger partial charge in [0.25, 0.3) is 5.91 Å². The Balaban J connectivity index is 1.32. The summed E-state index contributed by atoms with van der Waals surface area (Å²) in [5, 5.41) is 9.29. The van der Waals surface area contributed by atoms with Gasteiger partial charge in [0.05, 0.1) is 11.1 Å². The molecule has 1 aromatic carbocycles. The Morgan fingerprint density at radius 2 is 2.14 bits per heavy atom. The maximum Gasteiger partial charge on any atom is 0.261 e. The zero-order chi connectivity index (χ0) is 19.5. The second kappa shape index (κ2) is 8.19. The standard InChI is InChI=1S/C22H25N3O2S/c1-3-25-15(2)19(12-24-25)11-23-22(26)21-9-16(14-28-21)13-27-20-8-7-17-5-4-6-18(17)10-20/h7-10,12,14H,3-6,11,13H2,1-2H3,(H,23,26). The van der Waals surface area contributed by atoms with Crippen molar-refractivity contribution in [1.82, 2.24) is 15.1 Å². The lowest BCUT2D eigenvalue weighted by atomic mass is 10.1. The van der Waals surface area contributed by atoms with Crippen LogP contribution < -0.4 is 10.1 Å². The molecule has 28 heavy (non-hydrogen) atoms. The van der Waals surface area contributed by atoms with E-state index in [0.29, 0.717) is 18.0 Å². The second-order valence-electron chi connectivity index (χ2n) is 7.15. The van der Waals surface area contributed by atoms with Gasteiger partial charge in [0.1, 0.15) is 12.4 Å². The van der Waals surface area contributed by atoms with E-state index in [1.54, 1.807) is 0 Å². The maximum atomic E-state index is 12.5. The minimum atomic E-state index is -0.0579. The summed E-state index contributed by atoms with van der Waals surface area (Å²) in [6.07, 6.45) is 5.38. The first kappa shape index (κ1) is 18.7. The third-order valence-corrected chi connectivity index (χ3v) is 6.27. The van der Waals surface area contributed by atoms with Crippen molar-refractivity contribution < 1.29 is 9.53 Å². The van der Waals surface area contributed by atoms with Crippen LogP contribution in [0.5, 0.6) is 5.75 Å². The lowest BCUT2D eigenvalue weighted by molar-refractivity contribution is 0.0955. The predicted octanol–water partition coefficient (Wildman–Crippen LogP) is 4.27. The molecule has 1 N–H and O–H groups in total. The van der Waals surface area contributed by atoms with Crippen LogP contribution in [0.25, 0.3) is 0 Å². The highest BCUT2D eigenvalue weighted by Crippen LogP contribution is 2.27. The average Bonchev–Trinajstić information content (AvgIpc) is 3.44. The van der Waals surface area contributed by atoms with Crippen LogP contribution in [-0.4, -0.2) is 15.7 Å². The van der Waals surface area contributed by atoms with Gasteiger partial charge >= 0.3 is 0 Å². The molecule has 1 aliphatic carbocycles. The number of thiophene rings is 1. The van der Waals surface area contributed by atoms with Crippen molar-refractivity contribution in [1.29, 1.82) is 0 Å². The lowest BCUT2D eigenvalue weighted by Gasteiger charge is -2.07. The van der Waals surface area contributed by atoms with E-state index in [-0.39, 0.29) is 5.91 Å². The van der Waals surface area contributed by atoms with E-state index in [0.717, 1.165) is 35.5 Å². The molecule has 0 bridgehead atoms. The van der Waals surface area contributed by atoms with Crippen molar-refractivity contribution in [3.05, 3.63) is 68.7 Å². The molecule has 0 atom stereocenters. The number of aromatic nitrogens is 2. The monoisotopic (exact) mass is 395 g/mol. The fraction of sp³-hybridized carbons (Fsp3) is 0.364. The minimum absolute atomic E-state index is 0.0579. The van der Waals surface area contributed by atoms with E-state index >= 15 is 0 Å². The van der Waals surface area contributed by atoms with Gasteiger partial charge in [-0.05, 0) is 67.8 Å². The van der Waals surface area contributed by atoms with Crippen LogP contribution in [-0.2, 0) is 32.5 Å². The quantitative estimate of drug-likeness (QED) is 0.650. The molecular weight excluding hydrogens is 370 g/mol. The van der Waals surface area contributed by atoms with Crippen LogP contribution in [0.4, 0.5) is 0 Å². The van der Waals surface area contributed by atoms with Crippen LogP contribution in [0.1, 0.15) is 51.0 Å². The number of ether oxygens (including phenoxy) is 1. The molecule has 0 aliphatic heterocycles. The van der Waals surface area contributed by atoms with Crippen LogP contribution in [0.15, 0.2) is 35.8 Å². The number of hydrogen-bond donors (Lipinski definition) is 1. The summed E-state index contributed by atoms with van der Waals surface area (Å²) < 4.78 is 7.87. The van der Waals surface area contributed by atoms with Gasteiger partial charge in [-0.25, -0.2) is 0 Å². The minimum Gasteiger partial charge on any atom is -0.489 e. The van der Waals surface area contributed by atoms with Gasteiger partial charge in [0.2, 0.25) is 0 Å². The molecule has 0 fully saturated rings. The van der Waals surface area contributed by atoms with Crippen molar-refractivity contribution in [2.24, 2.45) is 0 Å². The van der Waals surface area contributed by atoms with Gasteiger partial charge in [0, 0.05) is 29.9 Å². The fourth-order valence-corrected chi connectivity index (χ4v) is 4.43. The van der Waals surface area contributed by atoms with Gasteiger partial charge < -0.3 is 10.1 Å². The van der Waals surface area contributed by atoms with Gasteiger partial charge in [0.15, 0.2) is 0 Å². The first-order chi connectivity index (χ1) is 13.6. The average molecular weight is 396 g/mol. The number of carbonyl (C=O) groups is 1. The Labute approximate surface area is 169 Å². The molecule has 1 aliphatic rings. The molecule has 3 aromatic rings. The summed E-state index contributed by atoms with van der Waals surface area (Å²) in [6.45, 7) is 5.88. The molecule has 4 rings (SSSR count). The Bertz CT molecular complexity index is 990. The third kappa shape index (κ3) is 3.97. The number of aryl methyl sites for hydroxylation is 3. The number of hydrogen-bond acceptors (Lipinski definition) is 4. The summed E-state index contributed by atoms with van der Waals surface area (Å²) in [7, 11) is 0. The number of nitrogens with zero attached hydrogens (tertiary/aromatic N) is 2. The Kier molecular flexibility index (Phi) is 5.48. The Morgan fingerprint density at radius 1 is 1.29 bits per heavy atom. The highest BCUT2D eigenvalue weighted by Gasteiger charge is 2.13. The normalized spacial score (nSPS) is 12.8. The van der Waals surface area contributed by atoms with Gasteiger partial charge in [-0.1, -0.05) is 6.07 Å². The highest BCUT2D eigenvalue weighted by molar-refractivity contribution is 7.12. The van der Waals surface area contributed by atoms with Crippen molar-refractivity contribution in [3.63, 3.8) is 0 Å². The second-order valence-corrected chi connectivity index (χ2v) is 8.06. The molecule has 0 radical (unpaired) electrons. The molecule has 1 amide bonds. The SMILES string of the molecule is CCn1ncc(CNC(=O)c2cc(COc3ccc4c(c3)CCC4)cs2)c1C. The van der Waals surface area contributed by atoms with E-state index in [1.165, 1.54) is 35.3 Å². The number of benzene rings is 1. The topological polar surface area (TPSA) is 56.2 Å². The van der Waals surface area contributed by atoms with E-state index in [1.807, 2.05) is 35.3 Å². The molecule has 0 unspecified atom stereocenters. The molecule has 5 nitrogen and oxygen atoms in total. The molecule has 146 valence electrons. The van der Waals surface area contributed by atoms with E-state index in [9.17, 15) is 4.79 Å². The zero-order valence-electron chi connectivity index (χ0n) is 16.3. The van der Waals surface area contributed by atoms with Crippen LogP contribution in [0, 0.1) is 6.92 Å². The van der Waals surface area contributed by atoms with E-state index < -0.39 is 0 Å². The predicted molar refractivity (Wildman–Crippen MR) is 111 cm³/mol. The number of fused-ring (bicyclic) bond motifs is 1. The molecule has 0 saturated heterocycles. The third-order valence-electron chi connectivity index (χ3n) is 5.30. The van der Waals surface area contributed by atoms with Crippen LogP contribution in [0.3, 0.4) is 0 Å². The van der Waals surface area contributed by atoms with Crippen LogP contribution >= 0.6 is 11.3 Å². The van der Waals surface area contributed by atoms with Gasteiger partial charge in [-0.3, -0.25) is 9.48 Å². The number of amides is 1. The van der Waals surface area contributed by atoms with E-state index in [2.05, 4.69) is 29.5 Å². The van der Waals surface area contributed by atoms with Crippen molar-refractivity contribution in [2.45, 2.75) is 52.8 Å². The number of nitrogens with one attached hydrogen (secondary N) is 1. The number of carbonyl (C=O) groups excluding carboxylic acids is 1. The summed E-state index contributed by atoms with van der Waals surface area (Å²) in [4.78, 5) is 13.2. The Morgan fingerprint density at radius 3 is 2.96 bits per heavy atom. The first-order valence-corrected chi connectivity index (χ1v) is 10.6. The lowest BCUT2D eigenvalue weighted by Crippen LogP contribution is -2.22. The van der Waals surface area contributed by atoms with Crippen molar-refractivity contribution in [3.8, 4) is 5.75 Å². The molecule has 0 spiro atoms. The largest absolute Gasteiger partial charge is 0.489 e. The zero-order valence-corrected chi connectivity index (χ0v) is 17.1. The fourth-order valence-electron chi connectivity index (χ4n) is 3.62. The summed E-state index contributed by atoms with van der Waals surface area (Å²) >= 11 is 1.45. The molecule has 6 heteroatoms. The van der Waals surface area contributed by atoms with Gasteiger partial charge in [-0.2, -0.15) is 5.10 Å². The Hall–Kier alpha value is -2.60. The summed E-state index contributed by atoms with van der Waals surface area (Å²) in [6, 6.07) is 8.28. The molecular formula is C22H25N3O2S.